The second-order valence-corrected chi connectivity index (χ2v) is 4.74. The van der Waals surface area contributed by atoms with Gasteiger partial charge in [0.1, 0.15) is 11.6 Å². The molecule has 4 heteroatoms. The van der Waals surface area contributed by atoms with Gasteiger partial charge in [0.2, 0.25) is 0 Å². The molecule has 0 bridgehead atoms. The number of benzene rings is 2. The lowest BCUT2D eigenvalue weighted by molar-refractivity contribution is 0.0989. The lowest BCUT2D eigenvalue weighted by Crippen LogP contribution is -2.06. The van der Waals surface area contributed by atoms with Crippen molar-refractivity contribution in [3.8, 4) is 0 Å². The molecule has 98 valence electrons. The van der Waals surface area contributed by atoms with Crippen LogP contribution in [0, 0.1) is 18.6 Å². The number of carbonyl (C=O) groups is 1. The van der Waals surface area contributed by atoms with Gasteiger partial charge in [-0.2, -0.15) is 0 Å². The monoisotopic (exact) mass is 280 g/mol. The highest BCUT2D eigenvalue weighted by atomic mass is 35.5. The minimum absolute atomic E-state index is 0.00191. The predicted molar refractivity (Wildman–Crippen MR) is 70.6 cm³/mol. The van der Waals surface area contributed by atoms with Crippen LogP contribution in [0.15, 0.2) is 36.4 Å². The lowest BCUT2D eigenvalue weighted by Gasteiger charge is -2.05. The molecule has 0 N–H and O–H groups in total. The van der Waals surface area contributed by atoms with Gasteiger partial charge in [0.05, 0.1) is 10.6 Å². The van der Waals surface area contributed by atoms with Gasteiger partial charge < -0.3 is 0 Å². The molecule has 1 nitrogen and oxygen atoms in total. The van der Waals surface area contributed by atoms with Crippen molar-refractivity contribution >= 4 is 17.4 Å². The first-order chi connectivity index (χ1) is 8.97. The van der Waals surface area contributed by atoms with Crippen molar-refractivity contribution in [2.24, 2.45) is 0 Å². The second-order valence-electron chi connectivity index (χ2n) is 4.33. The fourth-order valence-corrected chi connectivity index (χ4v) is 1.90. The zero-order valence-electron chi connectivity index (χ0n) is 10.2. The van der Waals surface area contributed by atoms with Gasteiger partial charge in [-0.15, -0.1) is 0 Å². The topological polar surface area (TPSA) is 17.1 Å². The highest BCUT2D eigenvalue weighted by Gasteiger charge is 2.13. The third kappa shape index (κ3) is 3.18. The predicted octanol–water partition coefficient (Wildman–Crippen LogP) is 4.35. The molecule has 2 aromatic carbocycles. The molecule has 0 radical (unpaired) electrons. The Morgan fingerprint density at radius 1 is 1.11 bits per heavy atom. The van der Waals surface area contributed by atoms with E-state index in [4.69, 9.17) is 11.6 Å². The summed E-state index contributed by atoms with van der Waals surface area (Å²) in [5.74, 6) is -1.54. The summed E-state index contributed by atoms with van der Waals surface area (Å²) in [4.78, 5) is 12.0. The van der Waals surface area contributed by atoms with Crippen molar-refractivity contribution in [3.05, 3.63) is 69.7 Å². The van der Waals surface area contributed by atoms with Crippen LogP contribution in [0.4, 0.5) is 8.78 Å². The highest BCUT2D eigenvalue weighted by Crippen LogP contribution is 2.18. The Balaban J connectivity index is 2.25. The third-order valence-corrected chi connectivity index (χ3v) is 3.08. The molecule has 0 atom stereocenters. The van der Waals surface area contributed by atoms with Crippen molar-refractivity contribution in [2.75, 3.05) is 0 Å². The number of hydrogen-bond donors (Lipinski definition) is 0. The largest absolute Gasteiger partial charge is 0.294 e. The van der Waals surface area contributed by atoms with E-state index in [1.165, 1.54) is 24.3 Å². The van der Waals surface area contributed by atoms with Crippen molar-refractivity contribution in [1.82, 2.24) is 0 Å². The van der Waals surface area contributed by atoms with Gasteiger partial charge in [-0.25, -0.2) is 8.78 Å². The van der Waals surface area contributed by atoms with Crippen LogP contribution in [0.1, 0.15) is 21.5 Å². The first-order valence-electron chi connectivity index (χ1n) is 5.70. The summed E-state index contributed by atoms with van der Waals surface area (Å²) >= 11 is 5.56. The van der Waals surface area contributed by atoms with Gasteiger partial charge in [0.25, 0.3) is 0 Å². The lowest BCUT2D eigenvalue weighted by atomic mass is 10.0. The fraction of sp³-hybridized carbons (Fsp3) is 0.133. The molecule has 2 rings (SSSR count). The van der Waals surface area contributed by atoms with Crippen molar-refractivity contribution in [2.45, 2.75) is 13.3 Å². The number of rotatable bonds is 3. The minimum Gasteiger partial charge on any atom is -0.294 e. The van der Waals surface area contributed by atoms with E-state index in [2.05, 4.69) is 0 Å². The zero-order chi connectivity index (χ0) is 14.0. The van der Waals surface area contributed by atoms with Crippen LogP contribution in [0.2, 0.25) is 5.02 Å². The van der Waals surface area contributed by atoms with Crippen molar-refractivity contribution in [1.29, 1.82) is 0 Å². The molecule has 0 aliphatic heterocycles. The number of hydrogen-bond acceptors (Lipinski definition) is 1. The summed E-state index contributed by atoms with van der Waals surface area (Å²) < 4.78 is 26.8. The van der Waals surface area contributed by atoms with Crippen LogP contribution in [0.5, 0.6) is 0 Å². The molecule has 0 spiro atoms. The van der Waals surface area contributed by atoms with Gasteiger partial charge >= 0.3 is 0 Å². The van der Waals surface area contributed by atoms with Gasteiger partial charge in [0.15, 0.2) is 5.78 Å². The molecular weight excluding hydrogens is 270 g/mol. The van der Waals surface area contributed by atoms with Gasteiger partial charge in [0, 0.05) is 6.42 Å². The maximum atomic E-state index is 13.6. The van der Waals surface area contributed by atoms with Crippen LogP contribution < -0.4 is 0 Å². The highest BCUT2D eigenvalue weighted by molar-refractivity contribution is 6.30. The van der Waals surface area contributed by atoms with E-state index in [0.29, 0.717) is 5.56 Å². The maximum Gasteiger partial charge on any atom is 0.170 e. The molecule has 0 saturated heterocycles. The van der Waals surface area contributed by atoms with E-state index >= 15 is 0 Å². The van der Waals surface area contributed by atoms with E-state index in [-0.39, 0.29) is 22.8 Å². The van der Waals surface area contributed by atoms with Gasteiger partial charge in [-0.3, -0.25) is 4.79 Å². The number of aryl methyl sites for hydroxylation is 1. The molecular formula is C15H11ClF2O. The Labute approximate surface area is 114 Å². The molecule has 0 aliphatic carbocycles. The van der Waals surface area contributed by atoms with Gasteiger partial charge in [-0.1, -0.05) is 29.3 Å². The summed E-state index contributed by atoms with van der Waals surface area (Å²) in [5, 5.41) is -0.00191. The van der Waals surface area contributed by atoms with Crippen LogP contribution in [-0.2, 0) is 6.42 Å². The molecule has 0 unspecified atom stereocenters. The Morgan fingerprint density at radius 2 is 1.84 bits per heavy atom. The van der Waals surface area contributed by atoms with Gasteiger partial charge in [-0.05, 0) is 36.8 Å². The van der Waals surface area contributed by atoms with Crippen molar-refractivity contribution in [3.63, 3.8) is 0 Å². The first-order valence-corrected chi connectivity index (χ1v) is 6.08. The van der Waals surface area contributed by atoms with Crippen LogP contribution in [-0.4, -0.2) is 5.78 Å². The second kappa shape index (κ2) is 5.49. The molecule has 2 aromatic rings. The normalized spacial score (nSPS) is 10.5. The maximum absolute atomic E-state index is 13.6. The standard InChI is InChI=1S/C15H11ClF2O/c1-9-2-5-13(17)11(6-9)15(19)8-10-3-4-12(16)14(18)7-10/h2-7H,8H2,1H3. The Bertz CT molecular complexity index is 638. The quantitative estimate of drug-likeness (QED) is 0.764. The molecule has 0 fully saturated rings. The molecule has 0 aromatic heterocycles. The fourth-order valence-electron chi connectivity index (χ4n) is 1.78. The number of ketones is 1. The first kappa shape index (κ1) is 13.7. The zero-order valence-corrected chi connectivity index (χ0v) is 11.0. The molecule has 19 heavy (non-hydrogen) atoms. The van der Waals surface area contributed by atoms with Crippen LogP contribution in [0.3, 0.4) is 0 Å². The van der Waals surface area contributed by atoms with E-state index in [9.17, 15) is 13.6 Å². The molecule has 0 saturated carbocycles. The summed E-state index contributed by atoms with van der Waals surface area (Å²) in [7, 11) is 0. The summed E-state index contributed by atoms with van der Waals surface area (Å²) in [6, 6.07) is 8.46. The number of carbonyl (C=O) groups excluding carboxylic acids is 1. The Morgan fingerprint density at radius 3 is 2.53 bits per heavy atom. The van der Waals surface area contributed by atoms with E-state index in [0.717, 1.165) is 5.56 Å². The van der Waals surface area contributed by atoms with Crippen LogP contribution >= 0.6 is 11.6 Å². The molecule has 0 aliphatic rings. The van der Waals surface area contributed by atoms with E-state index in [1.54, 1.807) is 19.1 Å². The number of Topliss-reactive ketones (excluding diaryl/α,β-unsaturated/α-hetero) is 1. The van der Waals surface area contributed by atoms with E-state index in [1.807, 2.05) is 0 Å². The minimum atomic E-state index is -0.586. The summed E-state index contributed by atoms with van der Waals surface area (Å²) in [5.41, 5.74) is 1.29. The SMILES string of the molecule is Cc1ccc(F)c(C(=O)Cc2ccc(Cl)c(F)c2)c1. The summed E-state index contributed by atoms with van der Waals surface area (Å²) in [6.45, 7) is 1.78. The van der Waals surface area contributed by atoms with E-state index < -0.39 is 11.6 Å². The molecule has 0 heterocycles. The van der Waals surface area contributed by atoms with Crippen LogP contribution in [0.25, 0.3) is 0 Å². The third-order valence-electron chi connectivity index (χ3n) is 2.77. The molecule has 0 amide bonds. The summed E-state index contributed by atoms with van der Waals surface area (Å²) in [6.07, 6.45) is -0.0610. The smallest absolute Gasteiger partial charge is 0.170 e. The number of halogens is 3. The Kier molecular flexibility index (Phi) is 3.96. The average Bonchev–Trinajstić information content (AvgIpc) is 2.36. The Hall–Kier alpha value is -1.74. The van der Waals surface area contributed by atoms with Crippen molar-refractivity contribution < 1.29 is 13.6 Å². The average molecular weight is 281 g/mol.